The maximum atomic E-state index is 15.0. The number of aromatic nitrogens is 3. The highest BCUT2D eigenvalue weighted by Gasteiger charge is 2.21. The summed E-state index contributed by atoms with van der Waals surface area (Å²) in [6.07, 6.45) is 1.60. The smallest absolute Gasteiger partial charge is 0.256 e. The van der Waals surface area contributed by atoms with Gasteiger partial charge in [0.2, 0.25) is 5.95 Å². The molecule has 0 bridgehead atoms. The minimum Gasteiger partial charge on any atom is -0.354 e. The van der Waals surface area contributed by atoms with Gasteiger partial charge in [-0.1, -0.05) is 46.8 Å². The first-order chi connectivity index (χ1) is 21.2. The first-order valence-electron chi connectivity index (χ1n) is 15.4. The molecule has 44 heavy (non-hydrogen) atoms. The molecule has 4 aromatic rings. The summed E-state index contributed by atoms with van der Waals surface area (Å²) in [5.41, 5.74) is 1.27. The Hall–Kier alpha value is -4.18. The fourth-order valence-corrected chi connectivity index (χ4v) is 4.79. The average molecular weight is 607 g/mol. The molecule has 2 N–H and O–H groups in total. The Morgan fingerprint density at radius 3 is 2.32 bits per heavy atom. The molecule has 0 spiro atoms. The van der Waals surface area contributed by atoms with Crippen LogP contribution in [0.1, 0.15) is 70.3 Å². The zero-order chi connectivity index (χ0) is 32.4. The van der Waals surface area contributed by atoms with Crippen molar-refractivity contribution in [1.29, 1.82) is 0 Å². The van der Waals surface area contributed by atoms with Gasteiger partial charge in [0.15, 0.2) is 5.65 Å². The second-order valence-electron chi connectivity index (χ2n) is 10.3. The third kappa shape index (κ3) is 7.85. The monoisotopic (exact) mass is 606 g/mol. The first kappa shape index (κ1) is 34.3. The normalized spacial score (nSPS) is 11.7. The number of halogens is 2. The van der Waals surface area contributed by atoms with E-state index in [1.54, 1.807) is 18.2 Å². The highest BCUT2D eigenvalue weighted by atomic mass is 19.1. The number of amides is 1. The summed E-state index contributed by atoms with van der Waals surface area (Å²) in [7, 11) is 0. The van der Waals surface area contributed by atoms with Gasteiger partial charge < -0.3 is 15.5 Å². The van der Waals surface area contributed by atoms with Gasteiger partial charge in [-0.15, -0.1) is 0 Å². The Morgan fingerprint density at radius 1 is 1.00 bits per heavy atom. The lowest BCUT2D eigenvalue weighted by Gasteiger charge is -2.19. The highest BCUT2D eigenvalue weighted by molar-refractivity contribution is 5.98. The van der Waals surface area contributed by atoms with E-state index < -0.39 is 22.9 Å². The summed E-state index contributed by atoms with van der Waals surface area (Å²) < 4.78 is 30.9. The van der Waals surface area contributed by atoms with Crippen LogP contribution in [-0.2, 0) is 0 Å². The van der Waals surface area contributed by atoms with E-state index in [1.807, 2.05) is 40.7 Å². The number of nitrogens with zero attached hydrogens (tertiary/aromatic N) is 4. The number of rotatable bonds is 12. The Labute approximate surface area is 258 Å². The van der Waals surface area contributed by atoms with E-state index in [9.17, 15) is 18.4 Å². The molecule has 0 aliphatic heterocycles. The van der Waals surface area contributed by atoms with Crippen molar-refractivity contribution in [2.45, 2.75) is 67.3 Å². The molecule has 2 heterocycles. The van der Waals surface area contributed by atoms with E-state index in [0.29, 0.717) is 28.8 Å². The molecule has 0 saturated carbocycles. The van der Waals surface area contributed by atoms with Crippen molar-refractivity contribution in [2.75, 3.05) is 31.5 Å². The Bertz CT molecular complexity index is 1610. The van der Waals surface area contributed by atoms with E-state index in [4.69, 9.17) is 4.98 Å². The fourth-order valence-electron chi connectivity index (χ4n) is 4.79. The number of hydrogen-bond donors (Lipinski definition) is 2. The number of aryl methyl sites for hydroxylation is 1. The van der Waals surface area contributed by atoms with Crippen molar-refractivity contribution in [3.63, 3.8) is 0 Å². The molecule has 4 rings (SSSR count). The van der Waals surface area contributed by atoms with Crippen LogP contribution < -0.4 is 16.2 Å². The number of anilines is 1. The number of nitrogens with one attached hydrogen (secondary N) is 2. The minimum absolute atomic E-state index is 0.000578. The van der Waals surface area contributed by atoms with Crippen LogP contribution in [0.25, 0.3) is 28.0 Å². The molecule has 0 aliphatic rings. The van der Waals surface area contributed by atoms with Crippen LogP contribution in [0.5, 0.6) is 0 Å². The molecule has 1 atom stereocenters. The largest absolute Gasteiger partial charge is 0.354 e. The summed E-state index contributed by atoms with van der Waals surface area (Å²) in [5.74, 6) is -1.79. The highest BCUT2D eigenvalue weighted by Crippen LogP contribution is 2.31. The average Bonchev–Trinajstić information content (AvgIpc) is 3.02. The SMILES string of the molecule is CC.CCC(C)NC(=O)c1ccc(C)c(-c2nc(NCCCN(CC)CC)nc3c2ccc(=O)n3-c2c(F)cccc2F)c1. The first-order valence-corrected chi connectivity index (χ1v) is 15.4. The summed E-state index contributed by atoms with van der Waals surface area (Å²) in [6, 6.07) is 11.6. The summed E-state index contributed by atoms with van der Waals surface area (Å²) in [4.78, 5) is 37.8. The third-order valence-corrected chi connectivity index (χ3v) is 7.48. The second-order valence-corrected chi connectivity index (χ2v) is 10.3. The van der Waals surface area contributed by atoms with Crippen LogP contribution in [0.3, 0.4) is 0 Å². The number of pyridine rings is 1. The molecule has 2 aromatic heterocycles. The fraction of sp³-hybridized carbons (Fsp3) is 0.412. The molecule has 0 radical (unpaired) electrons. The molecule has 10 heteroatoms. The predicted molar refractivity (Wildman–Crippen MR) is 175 cm³/mol. The second kappa shape index (κ2) is 16.0. The summed E-state index contributed by atoms with van der Waals surface area (Å²) in [6.45, 7) is 17.3. The van der Waals surface area contributed by atoms with Gasteiger partial charge >= 0.3 is 0 Å². The van der Waals surface area contributed by atoms with E-state index in [1.165, 1.54) is 12.1 Å². The van der Waals surface area contributed by atoms with Crippen LogP contribution in [-0.4, -0.2) is 57.6 Å². The lowest BCUT2D eigenvalue weighted by molar-refractivity contribution is 0.0939. The number of benzene rings is 2. The van der Waals surface area contributed by atoms with Crippen LogP contribution in [0.15, 0.2) is 53.3 Å². The van der Waals surface area contributed by atoms with Crippen LogP contribution in [0, 0.1) is 18.6 Å². The molecular formula is C34H44F2N6O2. The zero-order valence-electron chi connectivity index (χ0n) is 26.8. The predicted octanol–water partition coefficient (Wildman–Crippen LogP) is 6.73. The molecule has 0 saturated heterocycles. The van der Waals surface area contributed by atoms with E-state index in [0.717, 1.165) is 54.7 Å². The van der Waals surface area contributed by atoms with Crippen molar-refractivity contribution in [1.82, 2.24) is 24.8 Å². The van der Waals surface area contributed by atoms with E-state index in [2.05, 4.69) is 34.4 Å². The van der Waals surface area contributed by atoms with Gasteiger partial charge in [0.1, 0.15) is 17.3 Å². The maximum Gasteiger partial charge on any atom is 0.256 e. The van der Waals surface area contributed by atoms with Gasteiger partial charge in [0, 0.05) is 35.2 Å². The topological polar surface area (TPSA) is 92.2 Å². The lowest BCUT2D eigenvalue weighted by Crippen LogP contribution is -2.31. The molecule has 1 amide bonds. The summed E-state index contributed by atoms with van der Waals surface area (Å²) in [5, 5.41) is 6.63. The van der Waals surface area contributed by atoms with Gasteiger partial charge in [-0.3, -0.25) is 14.2 Å². The van der Waals surface area contributed by atoms with Gasteiger partial charge in [0.25, 0.3) is 11.5 Å². The Kier molecular flexibility index (Phi) is 12.5. The standard InChI is InChI=1S/C32H38F2N6O2.C2H6/c1-6-21(5)36-31(42)22-14-13-20(4)24(19-22)28-23-15-16-27(41)40(29-25(33)11-9-12-26(29)34)30(23)38-32(37-28)35-17-10-18-39(7-2)8-3;1-2/h9,11-16,19,21H,6-8,10,17-18H2,1-5H3,(H,36,42)(H,35,37,38);1-2H3. The van der Waals surface area contributed by atoms with Crippen LogP contribution in [0.4, 0.5) is 14.7 Å². The number of para-hydroxylation sites is 1. The Balaban J connectivity index is 0.00000259. The minimum atomic E-state index is -0.890. The van der Waals surface area contributed by atoms with E-state index >= 15 is 0 Å². The molecule has 0 fully saturated rings. The number of carbonyl (C=O) groups is 1. The van der Waals surface area contributed by atoms with Gasteiger partial charge in [-0.05, 0) is 82.2 Å². The van der Waals surface area contributed by atoms with Crippen molar-refractivity contribution >= 4 is 22.9 Å². The zero-order valence-corrected chi connectivity index (χ0v) is 26.8. The quantitative estimate of drug-likeness (QED) is 0.174. The molecule has 236 valence electrons. The summed E-state index contributed by atoms with van der Waals surface area (Å²) >= 11 is 0. The third-order valence-electron chi connectivity index (χ3n) is 7.48. The van der Waals surface area contributed by atoms with E-state index in [-0.39, 0.29) is 23.5 Å². The van der Waals surface area contributed by atoms with Crippen molar-refractivity contribution in [3.05, 3.63) is 81.6 Å². The van der Waals surface area contributed by atoms with Crippen molar-refractivity contribution in [3.8, 4) is 16.9 Å². The van der Waals surface area contributed by atoms with Crippen LogP contribution >= 0.6 is 0 Å². The number of carbonyl (C=O) groups excluding carboxylic acids is 1. The number of hydrogen-bond acceptors (Lipinski definition) is 6. The Morgan fingerprint density at radius 2 is 1.68 bits per heavy atom. The molecule has 1 unspecified atom stereocenters. The van der Waals surface area contributed by atoms with Crippen molar-refractivity contribution < 1.29 is 13.6 Å². The van der Waals surface area contributed by atoms with Crippen molar-refractivity contribution in [2.24, 2.45) is 0 Å². The van der Waals surface area contributed by atoms with Gasteiger partial charge in [0.05, 0.1) is 5.69 Å². The number of fused-ring (bicyclic) bond motifs is 1. The molecule has 0 aliphatic carbocycles. The van der Waals surface area contributed by atoms with Gasteiger partial charge in [-0.2, -0.15) is 4.98 Å². The lowest BCUT2D eigenvalue weighted by atomic mass is 9.99. The van der Waals surface area contributed by atoms with Gasteiger partial charge in [-0.25, -0.2) is 13.8 Å². The maximum absolute atomic E-state index is 15.0. The molecular weight excluding hydrogens is 562 g/mol. The van der Waals surface area contributed by atoms with Crippen LogP contribution in [0.2, 0.25) is 0 Å². The molecule has 8 nitrogen and oxygen atoms in total. The molecule has 2 aromatic carbocycles.